The topological polar surface area (TPSA) is 89.3 Å². The summed E-state index contributed by atoms with van der Waals surface area (Å²) in [4.78, 5) is 11.0. The van der Waals surface area contributed by atoms with Crippen LogP contribution in [-0.2, 0) is 16.4 Å². The zero-order chi connectivity index (χ0) is 14.8. The van der Waals surface area contributed by atoms with Gasteiger partial charge in [0.15, 0.2) is 4.34 Å². The third kappa shape index (κ3) is 3.55. The van der Waals surface area contributed by atoms with Crippen molar-refractivity contribution in [3.8, 4) is 0 Å². The molecule has 1 N–H and O–H groups in total. The summed E-state index contributed by atoms with van der Waals surface area (Å²) in [5, 5.41) is 12.6. The largest absolute Gasteiger partial charge is 0.300 e. The first-order valence-electron chi connectivity index (χ1n) is 5.36. The van der Waals surface area contributed by atoms with Gasteiger partial charge in [-0.15, -0.1) is 22.7 Å². The zero-order valence-corrected chi connectivity index (χ0v) is 13.1. The minimum absolute atomic E-state index is 0.145. The van der Waals surface area contributed by atoms with E-state index in [1.807, 2.05) is 17.5 Å². The number of halogens is 1. The highest BCUT2D eigenvalue weighted by atomic mass is 35.5. The standard InChI is InChI=1S/C10H9ClN2O4S3/c11-10-8(13(14)15)6-9(19-10)20(16,17)12-4-3-7-2-1-5-18-7/h1-2,5-6,12H,3-4H2. The monoisotopic (exact) mass is 352 g/mol. The molecule has 0 spiro atoms. The van der Waals surface area contributed by atoms with Gasteiger partial charge in [-0.1, -0.05) is 17.7 Å². The maximum Gasteiger partial charge on any atom is 0.300 e. The van der Waals surface area contributed by atoms with E-state index in [1.54, 1.807) is 0 Å². The van der Waals surface area contributed by atoms with E-state index in [1.165, 1.54) is 11.3 Å². The Bertz CT molecular complexity index is 709. The Hall–Kier alpha value is -1.000. The first kappa shape index (κ1) is 15.4. The van der Waals surface area contributed by atoms with Crippen molar-refractivity contribution in [3.05, 3.63) is 42.9 Å². The van der Waals surface area contributed by atoms with E-state index < -0.39 is 20.6 Å². The lowest BCUT2D eigenvalue weighted by molar-refractivity contribution is -0.384. The molecule has 0 saturated carbocycles. The van der Waals surface area contributed by atoms with Crippen LogP contribution in [0.3, 0.4) is 0 Å². The van der Waals surface area contributed by atoms with Crippen LogP contribution in [0.2, 0.25) is 4.34 Å². The summed E-state index contributed by atoms with van der Waals surface area (Å²) in [7, 11) is -3.76. The molecule has 0 radical (unpaired) electrons. The molecular weight excluding hydrogens is 344 g/mol. The van der Waals surface area contributed by atoms with Crippen LogP contribution in [0.25, 0.3) is 0 Å². The highest BCUT2D eigenvalue weighted by Gasteiger charge is 2.24. The van der Waals surface area contributed by atoms with Crippen LogP contribution >= 0.6 is 34.3 Å². The summed E-state index contributed by atoms with van der Waals surface area (Å²) in [5.41, 5.74) is -0.393. The molecule has 0 aliphatic carbocycles. The third-order valence-corrected chi connectivity index (χ3v) is 6.56. The second-order valence-corrected chi connectivity index (χ2v) is 8.39. The molecular formula is C10H9ClN2O4S3. The van der Waals surface area contributed by atoms with Crippen LogP contribution in [0.15, 0.2) is 27.8 Å². The number of sulfonamides is 1. The van der Waals surface area contributed by atoms with Gasteiger partial charge in [0.2, 0.25) is 10.0 Å². The number of nitrogens with one attached hydrogen (secondary N) is 1. The van der Waals surface area contributed by atoms with Crippen molar-refractivity contribution >= 4 is 50.0 Å². The lowest BCUT2D eigenvalue weighted by Gasteiger charge is -2.02. The van der Waals surface area contributed by atoms with Gasteiger partial charge in [0.1, 0.15) is 4.21 Å². The maximum atomic E-state index is 12.0. The number of hydrogen-bond donors (Lipinski definition) is 1. The van der Waals surface area contributed by atoms with Gasteiger partial charge in [0.25, 0.3) is 5.69 Å². The Balaban J connectivity index is 2.06. The Kier molecular flexibility index (Phi) is 4.76. The van der Waals surface area contributed by atoms with Gasteiger partial charge in [-0.3, -0.25) is 10.1 Å². The molecule has 0 saturated heterocycles. The van der Waals surface area contributed by atoms with Gasteiger partial charge in [-0.05, 0) is 17.9 Å². The molecule has 108 valence electrons. The Morgan fingerprint density at radius 2 is 2.20 bits per heavy atom. The van der Waals surface area contributed by atoms with E-state index in [2.05, 4.69) is 4.72 Å². The molecule has 0 aliphatic rings. The molecule has 0 atom stereocenters. The average molecular weight is 353 g/mol. The number of nitrogens with zero attached hydrogens (tertiary/aromatic N) is 1. The molecule has 2 aromatic rings. The third-order valence-electron chi connectivity index (χ3n) is 2.35. The van der Waals surface area contributed by atoms with Crippen molar-refractivity contribution < 1.29 is 13.3 Å². The molecule has 20 heavy (non-hydrogen) atoms. The summed E-state index contributed by atoms with van der Waals surface area (Å²) in [6.45, 7) is 0.228. The summed E-state index contributed by atoms with van der Waals surface area (Å²) in [6.07, 6.45) is 0.568. The van der Waals surface area contributed by atoms with Crippen molar-refractivity contribution in [1.82, 2.24) is 4.72 Å². The number of hydrogen-bond acceptors (Lipinski definition) is 6. The lowest BCUT2D eigenvalue weighted by atomic mass is 10.3. The van der Waals surface area contributed by atoms with Crippen molar-refractivity contribution in [3.63, 3.8) is 0 Å². The van der Waals surface area contributed by atoms with Crippen LogP contribution in [0.5, 0.6) is 0 Å². The fraction of sp³-hybridized carbons (Fsp3) is 0.200. The highest BCUT2D eigenvalue weighted by Crippen LogP contribution is 2.36. The minimum Gasteiger partial charge on any atom is -0.258 e. The summed E-state index contributed by atoms with van der Waals surface area (Å²) in [6, 6.07) is 4.77. The quantitative estimate of drug-likeness (QED) is 0.639. The van der Waals surface area contributed by atoms with Gasteiger partial charge in [-0.2, -0.15) is 0 Å². The zero-order valence-electron chi connectivity index (χ0n) is 9.91. The predicted octanol–water partition coefficient (Wildman–Crippen LogP) is 2.89. The molecule has 0 unspecified atom stereocenters. The average Bonchev–Trinajstić information content (AvgIpc) is 2.98. The van der Waals surface area contributed by atoms with E-state index in [-0.39, 0.29) is 15.1 Å². The van der Waals surface area contributed by atoms with Gasteiger partial charge in [0, 0.05) is 17.5 Å². The van der Waals surface area contributed by atoms with Gasteiger partial charge in [-0.25, -0.2) is 13.1 Å². The van der Waals surface area contributed by atoms with E-state index in [4.69, 9.17) is 11.6 Å². The molecule has 2 aromatic heterocycles. The molecule has 2 heterocycles. The molecule has 0 amide bonds. The van der Waals surface area contributed by atoms with Crippen molar-refractivity contribution in [2.24, 2.45) is 0 Å². The maximum absolute atomic E-state index is 12.0. The smallest absolute Gasteiger partial charge is 0.258 e. The second-order valence-electron chi connectivity index (χ2n) is 3.71. The second kappa shape index (κ2) is 6.19. The number of nitro groups is 1. The van der Waals surface area contributed by atoms with Crippen molar-refractivity contribution in [1.29, 1.82) is 0 Å². The highest BCUT2D eigenvalue weighted by molar-refractivity contribution is 7.91. The molecule has 2 rings (SSSR count). The molecule has 0 bridgehead atoms. The van der Waals surface area contributed by atoms with Crippen LogP contribution in [-0.4, -0.2) is 19.9 Å². The van der Waals surface area contributed by atoms with Crippen LogP contribution in [0.4, 0.5) is 5.69 Å². The molecule has 6 nitrogen and oxygen atoms in total. The van der Waals surface area contributed by atoms with Gasteiger partial charge in [0.05, 0.1) is 4.92 Å². The first-order chi connectivity index (χ1) is 9.40. The number of thiophene rings is 2. The fourth-order valence-electron chi connectivity index (χ4n) is 1.43. The van der Waals surface area contributed by atoms with Crippen molar-refractivity contribution in [2.45, 2.75) is 10.6 Å². The lowest BCUT2D eigenvalue weighted by Crippen LogP contribution is -2.25. The SMILES string of the molecule is O=[N+]([O-])c1cc(S(=O)(=O)NCCc2cccs2)sc1Cl. The van der Waals surface area contributed by atoms with E-state index in [0.29, 0.717) is 17.8 Å². The first-order valence-corrected chi connectivity index (χ1v) is 8.91. The minimum atomic E-state index is -3.76. The molecule has 10 heteroatoms. The Labute approximate surface area is 128 Å². The summed E-state index contributed by atoms with van der Waals surface area (Å²) in [5.74, 6) is 0. The van der Waals surface area contributed by atoms with E-state index >= 15 is 0 Å². The molecule has 0 aromatic carbocycles. The van der Waals surface area contributed by atoms with Crippen LogP contribution < -0.4 is 4.72 Å². The van der Waals surface area contributed by atoms with Gasteiger partial charge >= 0.3 is 0 Å². The molecule has 0 fully saturated rings. The van der Waals surface area contributed by atoms with E-state index in [9.17, 15) is 18.5 Å². The predicted molar refractivity (Wildman–Crippen MR) is 79.2 cm³/mol. The fourth-order valence-corrected chi connectivity index (χ4v) is 4.88. The van der Waals surface area contributed by atoms with E-state index in [0.717, 1.165) is 10.9 Å². The summed E-state index contributed by atoms with van der Waals surface area (Å²) < 4.78 is 26.0. The van der Waals surface area contributed by atoms with Gasteiger partial charge < -0.3 is 0 Å². The van der Waals surface area contributed by atoms with Crippen molar-refractivity contribution in [2.75, 3.05) is 6.54 Å². The number of rotatable bonds is 6. The molecule has 0 aliphatic heterocycles. The van der Waals surface area contributed by atoms with Crippen LogP contribution in [0.1, 0.15) is 4.88 Å². The Morgan fingerprint density at radius 1 is 1.45 bits per heavy atom. The summed E-state index contributed by atoms with van der Waals surface area (Å²) >= 11 is 7.86. The normalized spacial score (nSPS) is 11.7. The Morgan fingerprint density at radius 3 is 2.75 bits per heavy atom. The van der Waals surface area contributed by atoms with Crippen LogP contribution in [0, 0.1) is 10.1 Å².